The van der Waals surface area contributed by atoms with Crippen LogP contribution in [0, 0.1) is 0 Å². The van der Waals surface area contributed by atoms with Crippen LogP contribution in [0.4, 0.5) is 10.5 Å². The minimum Gasteiger partial charge on any atom is -0.495 e. The fourth-order valence-corrected chi connectivity index (χ4v) is 3.07. The molecule has 0 spiro atoms. The maximum absolute atomic E-state index is 12.7. The molecule has 0 aliphatic carbocycles. The van der Waals surface area contributed by atoms with Gasteiger partial charge in [0.05, 0.1) is 12.8 Å². The molecule has 26 heavy (non-hydrogen) atoms. The highest BCUT2D eigenvalue weighted by atomic mass is 35.5. The zero-order chi connectivity index (χ0) is 18.5. The van der Waals surface area contributed by atoms with Crippen molar-refractivity contribution in [1.82, 2.24) is 4.90 Å². The molecule has 2 aromatic carbocycles. The SMILES string of the molecule is COc1ccc(Cl)cc1NC(=O)[C@@H]1CCCN1C(=O)Oc1ccccc1. The van der Waals surface area contributed by atoms with Crippen LogP contribution in [0.5, 0.6) is 11.5 Å². The van der Waals surface area contributed by atoms with Crippen LogP contribution in [0.2, 0.25) is 5.02 Å². The van der Waals surface area contributed by atoms with Gasteiger partial charge in [-0.2, -0.15) is 0 Å². The average molecular weight is 375 g/mol. The fraction of sp³-hybridized carbons (Fsp3) is 0.263. The van der Waals surface area contributed by atoms with Gasteiger partial charge in [-0.05, 0) is 43.2 Å². The minimum absolute atomic E-state index is 0.298. The molecule has 1 heterocycles. The molecule has 1 aliphatic rings. The van der Waals surface area contributed by atoms with Gasteiger partial charge in [0.1, 0.15) is 17.5 Å². The first-order chi connectivity index (χ1) is 12.6. The first kappa shape index (κ1) is 18.1. The molecule has 1 fully saturated rings. The number of halogens is 1. The number of nitrogens with one attached hydrogen (secondary N) is 1. The molecular weight excluding hydrogens is 356 g/mol. The van der Waals surface area contributed by atoms with Crippen LogP contribution in [-0.2, 0) is 4.79 Å². The Morgan fingerprint density at radius 2 is 1.96 bits per heavy atom. The molecule has 0 aromatic heterocycles. The van der Waals surface area contributed by atoms with E-state index < -0.39 is 12.1 Å². The lowest BCUT2D eigenvalue weighted by Crippen LogP contribution is -2.44. The predicted molar refractivity (Wildman–Crippen MR) is 98.8 cm³/mol. The molecule has 1 aliphatic heterocycles. The van der Waals surface area contributed by atoms with Crippen molar-refractivity contribution >= 4 is 29.3 Å². The quantitative estimate of drug-likeness (QED) is 0.879. The molecule has 2 amide bonds. The van der Waals surface area contributed by atoms with Crippen molar-refractivity contribution in [1.29, 1.82) is 0 Å². The smallest absolute Gasteiger partial charge is 0.415 e. The number of likely N-dealkylation sites (tertiary alicyclic amines) is 1. The maximum Gasteiger partial charge on any atom is 0.415 e. The van der Waals surface area contributed by atoms with Crippen molar-refractivity contribution in [2.24, 2.45) is 0 Å². The Kier molecular flexibility index (Phi) is 5.63. The summed E-state index contributed by atoms with van der Waals surface area (Å²) in [6.07, 6.45) is 0.764. The molecule has 0 unspecified atom stereocenters. The molecule has 1 saturated heterocycles. The Balaban J connectivity index is 1.70. The van der Waals surface area contributed by atoms with E-state index in [0.717, 1.165) is 6.42 Å². The van der Waals surface area contributed by atoms with Gasteiger partial charge in [0.25, 0.3) is 0 Å². The Bertz CT molecular complexity index is 797. The molecule has 1 atom stereocenters. The van der Waals surface area contributed by atoms with Gasteiger partial charge in [0.15, 0.2) is 0 Å². The number of carbonyl (C=O) groups is 2. The number of amides is 2. The number of rotatable bonds is 4. The standard InChI is InChI=1S/C19H19ClN2O4/c1-25-17-10-9-13(20)12-15(17)21-18(23)16-8-5-11-22(16)19(24)26-14-6-3-2-4-7-14/h2-4,6-7,9-10,12,16H,5,8,11H2,1H3,(H,21,23)/t16-/m0/s1. The zero-order valence-electron chi connectivity index (χ0n) is 14.3. The number of carbonyl (C=O) groups excluding carboxylic acids is 2. The second kappa shape index (κ2) is 8.10. The molecule has 3 rings (SSSR count). The average Bonchev–Trinajstić information content (AvgIpc) is 3.13. The number of benzene rings is 2. The van der Waals surface area contributed by atoms with Crippen LogP contribution in [-0.4, -0.2) is 36.6 Å². The Morgan fingerprint density at radius 1 is 1.19 bits per heavy atom. The predicted octanol–water partition coefficient (Wildman–Crippen LogP) is 3.95. The summed E-state index contributed by atoms with van der Waals surface area (Å²) in [5.74, 6) is 0.646. The van der Waals surface area contributed by atoms with Gasteiger partial charge in [-0.3, -0.25) is 9.69 Å². The van der Waals surface area contributed by atoms with Crippen LogP contribution in [0.15, 0.2) is 48.5 Å². The van der Waals surface area contributed by atoms with Crippen molar-refractivity contribution in [3.8, 4) is 11.5 Å². The van der Waals surface area contributed by atoms with Gasteiger partial charge >= 0.3 is 6.09 Å². The summed E-state index contributed by atoms with van der Waals surface area (Å²) in [7, 11) is 1.51. The molecule has 136 valence electrons. The second-order valence-corrected chi connectivity index (χ2v) is 6.30. The minimum atomic E-state index is -0.602. The summed E-state index contributed by atoms with van der Waals surface area (Å²) in [5, 5.41) is 3.27. The molecule has 0 saturated carbocycles. The van der Waals surface area contributed by atoms with Crippen LogP contribution in [0.3, 0.4) is 0 Å². The summed E-state index contributed by atoms with van der Waals surface area (Å²) in [6, 6.07) is 13.1. The van der Waals surface area contributed by atoms with Gasteiger partial charge in [0.2, 0.25) is 5.91 Å². The van der Waals surface area contributed by atoms with Gasteiger partial charge < -0.3 is 14.8 Å². The molecule has 6 nitrogen and oxygen atoms in total. The topological polar surface area (TPSA) is 67.9 Å². The lowest BCUT2D eigenvalue weighted by Gasteiger charge is -2.23. The zero-order valence-corrected chi connectivity index (χ0v) is 15.0. The Hall–Kier alpha value is -2.73. The monoisotopic (exact) mass is 374 g/mol. The largest absolute Gasteiger partial charge is 0.495 e. The van der Waals surface area contributed by atoms with E-state index >= 15 is 0 Å². The van der Waals surface area contributed by atoms with E-state index in [9.17, 15) is 9.59 Å². The summed E-state index contributed by atoms with van der Waals surface area (Å²) in [5.41, 5.74) is 0.466. The Morgan fingerprint density at radius 3 is 2.69 bits per heavy atom. The lowest BCUT2D eigenvalue weighted by atomic mass is 10.2. The van der Waals surface area contributed by atoms with Crippen LogP contribution >= 0.6 is 11.6 Å². The second-order valence-electron chi connectivity index (χ2n) is 5.87. The highest BCUT2D eigenvalue weighted by Gasteiger charge is 2.35. The first-order valence-electron chi connectivity index (χ1n) is 8.26. The normalized spacial score (nSPS) is 16.2. The number of hydrogen-bond acceptors (Lipinski definition) is 4. The van der Waals surface area contributed by atoms with Gasteiger partial charge in [-0.25, -0.2) is 4.79 Å². The van der Waals surface area contributed by atoms with Crippen molar-refractivity contribution in [3.63, 3.8) is 0 Å². The molecule has 0 radical (unpaired) electrons. The third-order valence-corrected chi connectivity index (χ3v) is 4.39. The first-order valence-corrected chi connectivity index (χ1v) is 8.64. The van der Waals surface area contributed by atoms with Crippen molar-refractivity contribution in [3.05, 3.63) is 53.6 Å². The van der Waals surface area contributed by atoms with E-state index in [-0.39, 0.29) is 5.91 Å². The van der Waals surface area contributed by atoms with E-state index in [1.807, 2.05) is 6.07 Å². The molecule has 0 bridgehead atoms. The number of ether oxygens (including phenoxy) is 2. The number of methoxy groups -OCH3 is 1. The van der Waals surface area contributed by atoms with Crippen molar-refractivity contribution < 1.29 is 19.1 Å². The van der Waals surface area contributed by atoms with Gasteiger partial charge in [0, 0.05) is 11.6 Å². The number of hydrogen-bond donors (Lipinski definition) is 1. The lowest BCUT2D eigenvalue weighted by molar-refractivity contribution is -0.119. The van der Waals surface area contributed by atoms with Crippen LogP contribution < -0.4 is 14.8 Å². The summed E-state index contributed by atoms with van der Waals surface area (Å²) in [6.45, 7) is 0.469. The number of para-hydroxylation sites is 1. The van der Waals surface area contributed by atoms with Crippen LogP contribution in [0.25, 0.3) is 0 Å². The highest BCUT2D eigenvalue weighted by molar-refractivity contribution is 6.31. The summed E-state index contributed by atoms with van der Waals surface area (Å²) < 4.78 is 10.6. The molecular formula is C19H19ClN2O4. The number of anilines is 1. The maximum atomic E-state index is 12.7. The third kappa shape index (κ3) is 4.08. The van der Waals surface area contributed by atoms with Crippen molar-refractivity contribution in [2.45, 2.75) is 18.9 Å². The highest BCUT2D eigenvalue weighted by Crippen LogP contribution is 2.29. The van der Waals surface area contributed by atoms with Crippen LogP contribution in [0.1, 0.15) is 12.8 Å². The molecule has 2 aromatic rings. The Labute approximate surface area is 156 Å². The van der Waals surface area contributed by atoms with E-state index in [0.29, 0.717) is 35.2 Å². The fourth-order valence-electron chi connectivity index (χ4n) is 2.90. The molecule has 7 heteroatoms. The third-order valence-electron chi connectivity index (χ3n) is 4.16. The number of nitrogens with zero attached hydrogens (tertiary/aromatic N) is 1. The molecule has 1 N–H and O–H groups in total. The van der Waals surface area contributed by atoms with Crippen molar-refractivity contribution in [2.75, 3.05) is 19.0 Å². The van der Waals surface area contributed by atoms with E-state index in [4.69, 9.17) is 21.1 Å². The van der Waals surface area contributed by atoms with E-state index in [2.05, 4.69) is 5.32 Å². The summed E-state index contributed by atoms with van der Waals surface area (Å²) in [4.78, 5) is 26.6. The van der Waals surface area contributed by atoms with E-state index in [1.54, 1.807) is 42.5 Å². The van der Waals surface area contributed by atoms with Gasteiger partial charge in [-0.15, -0.1) is 0 Å². The van der Waals surface area contributed by atoms with E-state index in [1.165, 1.54) is 12.0 Å². The summed E-state index contributed by atoms with van der Waals surface area (Å²) >= 11 is 5.99. The van der Waals surface area contributed by atoms with Gasteiger partial charge in [-0.1, -0.05) is 29.8 Å².